The van der Waals surface area contributed by atoms with Gasteiger partial charge in [0.05, 0.1) is 6.04 Å². The molecule has 0 aromatic heterocycles. The van der Waals surface area contributed by atoms with Crippen molar-refractivity contribution in [3.63, 3.8) is 0 Å². The molecule has 134 valence electrons. The van der Waals surface area contributed by atoms with Crippen molar-refractivity contribution in [3.8, 4) is 0 Å². The third-order valence-corrected chi connectivity index (χ3v) is 3.52. The Bertz CT molecular complexity index is 538. The highest BCUT2D eigenvalue weighted by atomic mass is 35.5. The lowest BCUT2D eigenvalue weighted by Crippen LogP contribution is -2.34. The number of hydrogen-bond acceptors (Lipinski definition) is 3. The molecule has 1 aromatic carbocycles. The van der Waals surface area contributed by atoms with E-state index in [9.17, 15) is 9.59 Å². The van der Waals surface area contributed by atoms with Gasteiger partial charge < -0.3 is 15.4 Å². The van der Waals surface area contributed by atoms with Crippen LogP contribution in [0.2, 0.25) is 5.02 Å². The number of amides is 2. The van der Waals surface area contributed by atoms with E-state index >= 15 is 0 Å². The maximum atomic E-state index is 12.0. The van der Waals surface area contributed by atoms with Crippen LogP contribution in [0.25, 0.3) is 0 Å². The first-order valence-corrected chi connectivity index (χ1v) is 8.60. The van der Waals surface area contributed by atoms with E-state index < -0.39 is 11.7 Å². The van der Waals surface area contributed by atoms with E-state index in [2.05, 4.69) is 10.6 Å². The Morgan fingerprint density at radius 2 is 1.83 bits per heavy atom. The maximum absolute atomic E-state index is 12.0. The smallest absolute Gasteiger partial charge is 0.407 e. The molecular weight excluding hydrogens is 328 g/mol. The third kappa shape index (κ3) is 8.20. The number of carbonyl (C=O) groups is 2. The van der Waals surface area contributed by atoms with Gasteiger partial charge in [0.2, 0.25) is 5.91 Å². The normalized spacial score (nSPS) is 12.4. The van der Waals surface area contributed by atoms with Crippen molar-refractivity contribution < 1.29 is 14.3 Å². The number of carbonyl (C=O) groups excluding carboxylic acids is 2. The van der Waals surface area contributed by atoms with Crippen LogP contribution in [0, 0.1) is 0 Å². The standard InChI is InChI=1S/C18H27ClN2O3/c1-5-15(13-8-10-14(19)11-9-13)21-16(22)7-6-12-20-17(23)24-18(2,3)4/h8-11,15H,5-7,12H2,1-4H3,(H,20,23)(H,21,22). The highest BCUT2D eigenvalue weighted by Crippen LogP contribution is 2.19. The molecule has 0 aliphatic heterocycles. The summed E-state index contributed by atoms with van der Waals surface area (Å²) in [6.45, 7) is 7.84. The van der Waals surface area contributed by atoms with Crippen LogP contribution in [0.1, 0.15) is 58.6 Å². The van der Waals surface area contributed by atoms with E-state index in [1.165, 1.54) is 0 Å². The predicted octanol–water partition coefficient (Wildman–Crippen LogP) is 4.21. The second-order valence-corrected chi connectivity index (χ2v) is 7.05. The number of benzene rings is 1. The Balaban J connectivity index is 2.32. The molecule has 6 heteroatoms. The molecule has 24 heavy (non-hydrogen) atoms. The van der Waals surface area contributed by atoms with Crippen LogP contribution in [0.3, 0.4) is 0 Å². The summed E-state index contributed by atoms with van der Waals surface area (Å²) in [6, 6.07) is 7.43. The van der Waals surface area contributed by atoms with Crippen molar-refractivity contribution in [2.45, 2.75) is 58.6 Å². The van der Waals surface area contributed by atoms with Gasteiger partial charge in [0, 0.05) is 18.0 Å². The van der Waals surface area contributed by atoms with Gasteiger partial charge in [0.15, 0.2) is 0 Å². The topological polar surface area (TPSA) is 67.4 Å². The zero-order valence-corrected chi connectivity index (χ0v) is 15.6. The fourth-order valence-corrected chi connectivity index (χ4v) is 2.26. The van der Waals surface area contributed by atoms with Crippen LogP contribution < -0.4 is 10.6 Å². The SMILES string of the molecule is CCC(NC(=O)CCCNC(=O)OC(C)(C)C)c1ccc(Cl)cc1. The van der Waals surface area contributed by atoms with E-state index in [0.717, 1.165) is 12.0 Å². The number of alkyl carbamates (subject to hydrolysis) is 1. The minimum atomic E-state index is -0.519. The lowest BCUT2D eigenvalue weighted by atomic mass is 10.0. The van der Waals surface area contributed by atoms with Crippen LogP contribution in [0.4, 0.5) is 4.79 Å². The Morgan fingerprint density at radius 3 is 2.38 bits per heavy atom. The summed E-state index contributed by atoms with van der Waals surface area (Å²) in [5, 5.41) is 6.32. The third-order valence-electron chi connectivity index (χ3n) is 3.26. The fraction of sp³-hybridized carbons (Fsp3) is 0.556. The Kier molecular flexibility index (Phi) is 8.05. The molecule has 0 saturated heterocycles. The Hall–Kier alpha value is -1.75. The first kappa shape index (κ1) is 20.3. The Labute approximate surface area is 149 Å². The summed E-state index contributed by atoms with van der Waals surface area (Å²) < 4.78 is 5.13. The lowest BCUT2D eigenvalue weighted by Gasteiger charge is -2.20. The van der Waals surface area contributed by atoms with Crippen LogP contribution in [-0.4, -0.2) is 24.1 Å². The summed E-state index contributed by atoms with van der Waals surface area (Å²) >= 11 is 5.88. The van der Waals surface area contributed by atoms with E-state index in [-0.39, 0.29) is 11.9 Å². The molecule has 1 aromatic rings. The second-order valence-electron chi connectivity index (χ2n) is 6.61. The number of halogens is 1. The number of ether oxygens (including phenoxy) is 1. The summed E-state index contributed by atoms with van der Waals surface area (Å²) in [6.07, 6.45) is 1.24. The lowest BCUT2D eigenvalue weighted by molar-refractivity contribution is -0.122. The second kappa shape index (κ2) is 9.52. The molecule has 1 rings (SSSR count). The molecule has 0 spiro atoms. The van der Waals surface area contributed by atoms with E-state index in [0.29, 0.717) is 24.4 Å². The molecule has 2 amide bonds. The molecular formula is C18H27ClN2O3. The molecule has 1 atom stereocenters. The van der Waals surface area contributed by atoms with Crippen molar-refractivity contribution in [2.24, 2.45) is 0 Å². The van der Waals surface area contributed by atoms with Crippen molar-refractivity contribution >= 4 is 23.6 Å². The number of hydrogen-bond donors (Lipinski definition) is 2. The monoisotopic (exact) mass is 354 g/mol. The molecule has 0 aliphatic rings. The van der Waals surface area contributed by atoms with Gasteiger partial charge in [-0.2, -0.15) is 0 Å². The first-order valence-electron chi connectivity index (χ1n) is 8.23. The molecule has 0 saturated carbocycles. The molecule has 2 N–H and O–H groups in total. The van der Waals surface area contributed by atoms with Crippen LogP contribution in [0.5, 0.6) is 0 Å². The van der Waals surface area contributed by atoms with Crippen LogP contribution >= 0.6 is 11.6 Å². The van der Waals surface area contributed by atoms with Gasteiger partial charge >= 0.3 is 6.09 Å². The Morgan fingerprint density at radius 1 is 1.21 bits per heavy atom. The molecule has 0 fully saturated rings. The highest BCUT2D eigenvalue weighted by Gasteiger charge is 2.16. The number of nitrogens with one attached hydrogen (secondary N) is 2. The molecule has 0 heterocycles. The van der Waals surface area contributed by atoms with Crippen molar-refractivity contribution in [1.82, 2.24) is 10.6 Å². The average molecular weight is 355 g/mol. The minimum Gasteiger partial charge on any atom is -0.444 e. The molecule has 0 aliphatic carbocycles. The maximum Gasteiger partial charge on any atom is 0.407 e. The summed E-state index contributed by atoms with van der Waals surface area (Å²) in [5.74, 6) is -0.0391. The van der Waals surface area contributed by atoms with E-state index in [1.54, 1.807) is 0 Å². The van der Waals surface area contributed by atoms with Crippen LogP contribution in [0.15, 0.2) is 24.3 Å². The van der Waals surface area contributed by atoms with Crippen LogP contribution in [-0.2, 0) is 9.53 Å². The quantitative estimate of drug-likeness (QED) is 0.720. The fourth-order valence-electron chi connectivity index (χ4n) is 2.14. The van der Waals surface area contributed by atoms with Gasteiger partial charge in [-0.3, -0.25) is 4.79 Å². The van der Waals surface area contributed by atoms with Gasteiger partial charge in [0.25, 0.3) is 0 Å². The van der Waals surface area contributed by atoms with Gasteiger partial charge in [-0.15, -0.1) is 0 Å². The van der Waals surface area contributed by atoms with Crippen molar-refractivity contribution in [1.29, 1.82) is 0 Å². The van der Waals surface area contributed by atoms with E-state index in [4.69, 9.17) is 16.3 Å². The first-order chi connectivity index (χ1) is 11.2. The molecule has 1 unspecified atom stereocenters. The van der Waals surface area contributed by atoms with Gasteiger partial charge in [-0.25, -0.2) is 4.79 Å². The summed E-state index contributed by atoms with van der Waals surface area (Å²) in [5.41, 5.74) is 0.510. The minimum absolute atomic E-state index is 0.0337. The summed E-state index contributed by atoms with van der Waals surface area (Å²) in [4.78, 5) is 23.5. The van der Waals surface area contributed by atoms with Crippen molar-refractivity contribution in [3.05, 3.63) is 34.9 Å². The highest BCUT2D eigenvalue weighted by molar-refractivity contribution is 6.30. The van der Waals surface area contributed by atoms with E-state index in [1.807, 2.05) is 52.0 Å². The van der Waals surface area contributed by atoms with Gasteiger partial charge in [-0.05, 0) is 51.3 Å². The zero-order chi connectivity index (χ0) is 18.2. The molecule has 5 nitrogen and oxygen atoms in total. The summed E-state index contributed by atoms with van der Waals surface area (Å²) in [7, 11) is 0. The largest absolute Gasteiger partial charge is 0.444 e. The van der Waals surface area contributed by atoms with Crippen molar-refractivity contribution in [2.75, 3.05) is 6.54 Å². The predicted molar refractivity (Wildman–Crippen MR) is 96.1 cm³/mol. The number of rotatable bonds is 7. The molecule has 0 bridgehead atoms. The average Bonchev–Trinajstić information content (AvgIpc) is 2.48. The zero-order valence-electron chi connectivity index (χ0n) is 14.8. The van der Waals surface area contributed by atoms with Gasteiger partial charge in [-0.1, -0.05) is 30.7 Å². The van der Waals surface area contributed by atoms with Gasteiger partial charge in [0.1, 0.15) is 5.60 Å². The molecule has 0 radical (unpaired) electrons.